The van der Waals surface area contributed by atoms with Gasteiger partial charge in [-0.25, -0.2) is 4.98 Å². The number of aliphatic hydroxyl groups is 1. The average molecular weight is 268 g/mol. The topological polar surface area (TPSA) is 62.2 Å². The third-order valence-corrected chi connectivity index (χ3v) is 4.24. The van der Waals surface area contributed by atoms with Gasteiger partial charge in [0.1, 0.15) is 5.69 Å². The Morgan fingerprint density at radius 2 is 2.11 bits per heavy atom. The Balaban J connectivity index is 1.88. The van der Waals surface area contributed by atoms with Crippen LogP contribution in [-0.4, -0.2) is 28.1 Å². The highest BCUT2D eigenvalue weighted by Gasteiger charge is 2.28. The second-order valence-corrected chi connectivity index (χ2v) is 6.14. The largest absolute Gasteiger partial charge is 0.388 e. The maximum absolute atomic E-state index is 11.9. The number of hydrogen-bond donors (Lipinski definition) is 2. The summed E-state index contributed by atoms with van der Waals surface area (Å²) in [5, 5.41) is 15.9. The highest BCUT2D eigenvalue weighted by Crippen LogP contribution is 2.26. The summed E-state index contributed by atoms with van der Waals surface area (Å²) in [4.78, 5) is 16.0. The summed E-state index contributed by atoms with van der Waals surface area (Å²) in [6, 6.07) is 0. The number of thiazole rings is 1. The molecule has 0 aromatic carbocycles. The van der Waals surface area contributed by atoms with Gasteiger partial charge in [0.25, 0.3) is 5.91 Å². The zero-order chi connectivity index (χ0) is 13.0. The maximum atomic E-state index is 11.9. The van der Waals surface area contributed by atoms with Gasteiger partial charge in [-0.15, -0.1) is 11.3 Å². The first-order valence-electron chi connectivity index (χ1n) is 6.52. The molecule has 100 valence electrons. The van der Waals surface area contributed by atoms with Crippen LogP contribution in [-0.2, 0) is 0 Å². The standard InChI is InChI=1S/C13H20N2O2S/c1-10-15-11(8-18-10)12(16)14-9-13(17)6-4-2-3-5-7-13/h8,17H,2-7,9H2,1H3,(H,14,16). The minimum Gasteiger partial charge on any atom is -0.388 e. The number of hydrogen-bond acceptors (Lipinski definition) is 4. The number of nitrogens with zero attached hydrogens (tertiary/aromatic N) is 1. The van der Waals surface area contributed by atoms with Gasteiger partial charge in [-0.1, -0.05) is 25.7 Å². The van der Waals surface area contributed by atoms with E-state index in [1.165, 1.54) is 24.2 Å². The van der Waals surface area contributed by atoms with Crippen molar-refractivity contribution in [2.75, 3.05) is 6.54 Å². The summed E-state index contributed by atoms with van der Waals surface area (Å²) in [6.45, 7) is 2.21. The van der Waals surface area contributed by atoms with Crippen LogP contribution in [0.3, 0.4) is 0 Å². The van der Waals surface area contributed by atoms with E-state index in [9.17, 15) is 9.90 Å². The molecule has 2 rings (SSSR count). The third kappa shape index (κ3) is 3.53. The lowest BCUT2D eigenvalue weighted by Crippen LogP contribution is -2.42. The minimum atomic E-state index is -0.725. The molecule has 4 nitrogen and oxygen atoms in total. The van der Waals surface area contributed by atoms with Gasteiger partial charge in [-0.3, -0.25) is 4.79 Å². The lowest BCUT2D eigenvalue weighted by molar-refractivity contribution is 0.0246. The Morgan fingerprint density at radius 1 is 1.44 bits per heavy atom. The molecule has 0 radical (unpaired) electrons. The molecule has 1 saturated carbocycles. The van der Waals surface area contributed by atoms with E-state index in [0.717, 1.165) is 30.7 Å². The highest BCUT2D eigenvalue weighted by atomic mass is 32.1. The van der Waals surface area contributed by atoms with E-state index in [0.29, 0.717) is 12.2 Å². The molecule has 0 spiro atoms. The molecule has 0 unspecified atom stereocenters. The lowest BCUT2D eigenvalue weighted by atomic mass is 9.94. The van der Waals surface area contributed by atoms with E-state index in [1.807, 2.05) is 6.92 Å². The summed E-state index contributed by atoms with van der Waals surface area (Å²) >= 11 is 1.46. The second-order valence-electron chi connectivity index (χ2n) is 5.07. The van der Waals surface area contributed by atoms with Gasteiger partial charge in [0.15, 0.2) is 0 Å². The van der Waals surface area contributed by atoms with Crippen LogP contribution in [0.1, 0.15) is 54.0 Å². The molecular formula is C13H20N2O2S. The molecule has 0 atom stereocenters. The van der Waals surface area contributed by atoms with Crippen LogP contribution >= 0.6 is 11.3 Å². The molecule has 1 aliphatic rings. The van der Waals surface area contributed by atoms with Crippen molar-refractivity contribution >= 4 is 17.2 Å². The number of amides is 1. The first-order valence-corrected chi connectivity index (χ1v) is 7.40. The van der Waals surface area contributed by atoms with Crippen molar-refractivity contribution in [1.29, 1.82) is 0 Å². The van der Waals surface area contributed by atoms with Gasteiger partial charge < -0.3 is 10.4 Å². The van der Waals surface area contributed by atoms with E-state index in [4.69, 9.17) is 0 Å². The Labute approximate surface area is 111 Å². The van der Waals surface area contributed by atoms with E-state index in [-0.39, 0.29) is 5.91 Å². The van der Waals surface area contributed by atoms with Crippen LogP contribution in [0.25, 0.3) is 0 Å². The van der Waals surface area contributed by atoms with Gasteiger partial charge >= 0.3 is 0 Å². The van der Waals surface area contributed by atoms with Gasteiger partial charge in [-0.2, -0.15) is 0 Å². The number of aromatic nitrogens is 1. The van der Waals surface area contributed by atoms with Crippen molar-refractivity contribution in [1.82, 2.24) is 10.3 Å². The van der Waals surface area contributed by atoms with Crippen LogP contribution in [0, 0.1) is 6.92 Å². The number of carbonyl (C=O) groups is 1. The Kier molecular flexibility index (Phi) is 4.35. The van der Waals surface area contributed by atoms with Crippen molar-refractivity contribution in [3.8, 4) is 0 Å². The minimum absolute atomic E-state index is 0.183. The lowest BCUT2D eigenvalue weighted by Gasteiger charge is -2.26. The van der Waals surface area contributed by atoms with Gasteiger partial charge in [0.05, 0.1) is 10.6 Å². The van der Waals surface area contributed by atoms with E-state index in [1.54, 1.807) is 5.38 Å². The Hall–Kier alpha value is -0.940. The number of rotatable bonds is 3. The van der Waals surface area contributed by atoms with Crippen LogP contribution in [0.2, 0.25) is 0 Å². The van der Waals surface area contributed by atoms with Crippen molar-refractivity contribution in [2.24, 2.45) is 0 Å². The molecule has 18 heavy (non-hydrogen) atoms. The van der Waals surface area contributed by atoms with E-state index in [2.05, 4.69) is 10.3 Å². The monoisotopic (exact) mass is 268 g/mol. The number of aryl methyl sites for hydroxylation is 1. The van der Waals surface area contributed by atoms with Crippen molar-refractivity contribution in [2.45, 2.75) is 51.0 Å². The summed E-state index contributed by atoms with van der Waals surface area (Å²) in [5.74, 6) is -0.183. The zero-order valence-electron chi connectivity index (χ0n) is 10.7. The molecule has 1 heterocycles. The number of carbonyl (C=O) groups excluding carboxylic acids is 1. The molecule has 1 aromatic heterocycles. The van der Waals surface area contributed by atoms with Crippen molar-refractivity contribution in [3.63, 3.8) is 0 Å². The summed E-state index contributed by atoms with van der Waals surface area (Å²) < 4.78 is 0. The predicted molar refractivity (Wildman–Crippen MR) is 71.8 cm³/mol. The molecule has 1 aliphatic carbocycles. The van der Waals surface area contributed by atoms with E-state index < -0.39 is 5.60 Å². The molecule has 1 fully saturated rings. The molecule has 0 aliphatic heterocycles. The van der Waals surface area contributed by atoms with Crippen LogP contribution in [0.15, 0.2) is 5.38 Å². The molecular weight excluding hydrogens is 248 g/mol. The zero-order valence-corrected chi connectivity index (χ0v) is 11.6. The molecule has 1 aromatic rings. The molecule has 0 saturated heterocycles. The predicted octanol–water partition coefficient (Wildman–Crippen LogP) is 2.27. The normalized spacial score (nSPS) is 19.2. The van der Waals surface area contributed by atoms with Crippen molar-refractivity contribution in [3.05, 3.63) is 16.1 Å². The molecule has 0 bridgehead atoms. The van der Waals surface area contributed by atoms with E-state index >= 15 is 0 Å². The fourth-order valence-electron chi connectivity index (χ4n) is 2.37. The maximum Gasteiger partial charge on any atom is 0.270 e. The van der Waals surface area contributed by atoms with Crippen LogP contribution in [0.4, 0.5) is 0 Å². The van der Waals surface area contributed by atoms with Crippen LogP contribution in [0.5, 0.6) is 0 Å². The Morgan fingerprint density at radius 3 is 2.67 bits per heavy atom. The average Bonchev–Trinajstić information content (AvgIpc) is 2.66. The first-order chi connectivity index (χ1) is 8.59. The summed E-state index contributed by atoms with van der Waals surface area (Å²) in [5.41, 5.74) is -0.272. The Bertz CT molecular complexity index is 409. The van der Waals surface area contributed by atoms with Gasteiger partial charge in [0, 0.05) is 11.9 Å². The fraction of sp³-hybridized carbons (Fsp3) is 0.692. The molecule has 1 amide bonds. The summed E-state index contributed by atoms with van der Waals surface area (Å²) in [7, 11) is 0. The molecule has 2 N–H and O–H groups in total. The van der Waals surface area contributed by atoms with Gasteiger partial charge in [0.2, 0.25) is 0 Å². The summed E-state index contributed by atoms with van der Waals surface area (Å²) in [6.07, 6.45) is 6.01. The highest BCUT2D eigenvalue weighted by molar-refractivity contribution is 7.09. The second kappa shape index (κ2) is 5.80. The van der Waals surface area contributed by atoms with Crippen LogP contribution < -0.4 is 5.32 Å². The quantitative estimate of drug-likeness (QED) is 0.827. The fourth-order valence-corrected chi connectivity index (χ4v) is 2.96. The molecule has 5 heteroatoms. The van der Waals surface area contributed by atoms with Crippen molar-refractivity contribution < 1.29 is 9.90 Å². The number of nitrogens with one attached hydrogen (secondary N) is 1. The first kappa shape index (κ1) is 13.5. The SMILES string of the molecule is Cc1nc(C(=O)NCC2(O)CCCCCC2)cs1. The third-order valence-electron chi connectivity index (χ3n) is 3.46. The smallest absolute Gasteiger partial charge is 0.270 e. The van der Waals surface area contributed by atoms with Gasteiger partial charge in [-0.05, 0) is 19.8 Å².